The SMILES string of the molecule is CCNC(=O)c1cccc2cc(F)ccc12. The summed E-state index contributed by atoms with van der Waals surface area (Å²) in [7, 11) is 0. The Labute approximate surface area is 93.1 Å². The van der Waals surface area contributed by atoms with Crippen molar-refractivity contribution in [2.45, 2.75) is 6.92 Å². The zero-order chi connectivity index (χ0) is 11.5. The summed E-state index contributed by atoms with van der Waals surface area (Å²) in [5, 5.41) is 4.25. The van der Waals surface area contributed by atoms with Crippen LogP contribution in [0.25, 0.3) is 10.8 Å². The van der Waals surface area contributed by atoms with E-state index in [-0.39, 0.29) is 11.7 Å². The third-order valence-corrected chi connectivity index (χ3v) is 2.42. The fraction of sp³-hybridized carbons (Fsp3) is 0.154. The molecule has 2 nitrogen and oxygen atoms in total. The molecule has 2 rings (SSSR count). The first kappa shape index (κ1) is 10.6. The van der Waals surface area contributed by atoms with Gasteiger partial charge < -0.3 is 5.32 Å². The molecular weight excluding hydrogens is 205 g/mol. The van der Waals surface area contributed by atoms with E-state index in [4.69, 9.17) is 0 Å². The summed E-state index contributed by atoms with van der Waals surface area (Å²) < 4.78 is 13.0. The number of fused-ring (bicyclic) bond motifs is 1. The first-order valence-electron chi connectivity index (χ1n) is 5.19. The van der Waals surface area contributed by atoms with Gasteiger partial charge in [-0.3, -0.25) is 4.79 Å². The van der Waals surface area contributed by atoms with E-state index in [0.717, 1.165) is 10.8 Å². The molecule has 16 heavy (non-hydrogen) atoms. The Bertz CT molecular complexity index is 536. The molecule has 0 aromatic heterocycles. The molecule has 0 spiro atoms. The Balaban J connectivity index is 2.58. The smallest absolute Gasteiger partial charge is 0.251 e. The van der Waals surface area contributed by atoms with Gasteiger partial charge in [0, 0.05) is 12.1 Å². The normalized spacial score (nSPS) is 10.4. The van der Waals surface area contributed by atoms with Gasteiger partial charge in [0.1, 0.15) is 5.82 Å². The van der Waals surface area contributed by atoms with Crippen LogP contribution in [-0.4, -0.2) is 12.5 Å². The summed E-state index contributed by atoms with van der Waals surface area (Å²) in [6.07, 6.45) is 0. The van der Waals surface area contributed by atoms with Crippen molar-refractivity contribution in [3.8, 4) is 0 Å². The summed E-state index contributed by atoms with van der Waals surface area (Å²) in [6.45, 7) is 2.44. The van der Waals surface area contributed by atoms with Crippen molar-refractivity contribution in [1.29, 1.82) is 0 Å². The lowest BCUT2D eigenvalue weighted by Crippen LogP contribution is -2.22. The maximum atomic E-state index is 13.0. The van der Waals surface area contributed by atoms with Crippen molar-refractivity contribution < 1.29 is 9.18 Å². The highest BCUT2D eigenvalue weighted by Crippen LogP contribution is 2.19. The van der Waals surface area contributed by atoms with Crippen molar-refractivity contribution in [2.75, 3.05) is 6.54 Å². The lowest BCUT2D eigenvalue weighted by Gasteiger charge is -2.06. The van der Waals surface area contributed by atoms with Crippen LogP contribution in [0.1, 0.15) is 17.3 Å². The summed E-state index contributed by atoms with van der Waals surface area (Å²) >= 11 is 0. The third-order valence-electron chi connectivity index (χ3n) is 2.42. The Hall–Kier alpha value is -1.90. The molecule has 82 valence electrons. The van der Waals surface area contributed by atoms with Crippen molar-refractivity contribution in [1.82, 2.24) is 5.32 Å². The van der Waals surface area contributed by atoms with E-state index in [1.807, 2.05) is 6.92 Å². The predicted octanol–water partition coefficient (Wildman–Crippen LogP) is 2.73. The Morgan fingerprint density at radius 2 is 2.12 bits per heavy atom. The van der Waals surface area contributed by atoms with Gasteiger partial charge in [-0.25, -0.2) is 4.39 Å². The monoisotopic (exact) mass is 217 g/mol. The van der Waals surface area contributed by atoms with Crippen molar-refractivity contribution in [3.05, 3.63) is 47.8 Å². The van der Waals surface area contributed by atoms with E-state index < -0.39 is 0 Å². The quantitative estimate of drug-likeness (QED) is 0.823. The average molecular weight is 217 g/mol. The Kier molecular flexibility index (Phi) is 2.86. The van der Waals surface area contributed by atoms with Gasteiger partial charge in [-0.1, -0.05) is 18.2 Å². The van der Waals surface area contributed by atoms with Crippen LogP contribution in [-0.2, 0) is 0 Å². The van der Waals surface area contributed by atoms with Gasteiger partial charge in [-0.2, -0.15) is 0 Å². The molecule has 1 N–H and O–H groups in total. The summed E-state index contributed by atoms with van der Waals surface area (Å²) in [4.78, 5) is 11.7. The first-order valence-corrected chi connectivity index (χ1v) is 5.19. The van der Waals surface area contributed by atoms with Gasteiger partial charge in [0.2, 0.25) is 0 Å². The van der Waals surface area contributed by atoms with Gasteiger partial charge >= 0.3 is 0 Å². The zero-order valence-electron chi connectivity index (χ0n) is 8.96. The van der Waals surface area contributed by atoms with Crippen LogP contribution in [0.4, 0.5) is 4.39 Å². The van der Waals surface area contributed by atoms with Crippen LogP contribution < -0.4 is 5.32 Å². The highest BCUT2D eigenvalue weighted by molar-refractivity contribution is 6.06. The number of hydrogen-bond acceptors (Lipinski definition) is 1. The number of halogens is 1. The van der Waals surface area contributed by atoms with Gasteiger partial charge in [0.05, 0.1) is 0 Å². The first-order chi connectivity index (χ1) is 7.72. The summed E-state index contributed by atoms with van der Waals surface area (Å²) in [5.41, 5.74) is 0.583. The zero-order valence-corrected chi connectivity index (χ0v) is 8.96. The molecule has 0 heterocycles. The van der Waals surface area contributed by atoms with Gasteiger partial charge in [-0.15, -0.1) is 0 Å². The topological polar surface area (TPSA) is 29.1 Å². The number of amides is 1. The highest BCUT2D eigenvalue weighted by atomic mass is 19.1. The summed E-state index contributed by atoms with van der Waals surface area (Å²) in [6, 6.07) is 9.72. The van der Waals surface area contributed by atoms with Crippen LogP contribution in [0.3, 0.4) is 0 Å². The third kappa shape index (κ3) is 1.89. The molecule has 0 saturated carbocycles. The van der Waals surface area contributed by atoms with Crippen LogP contribution in [0.2, 0.25) is 0 Å². The fourth-order valence-electron chi connectivity index (χ4n) is 1.71. The molecule has 0 aliphatic rings. The van der Waals surface area contributed by atoms with Crippen molar-refractivity contribution in [3.63, 3.8) is 0 Å². The van der Waals surface area contributed by atoms with E-state index in [1.54, 1.807) is 24.3 Å². The molecule has 0 fully saturated rings. The number of nitrogens with one attached hydrogen (secondary N) is 1. The molecular formula is C13H12FNO. The predicted molar refractivity (Wildman–Crippen MR) is 61.9 cm³/mol. The Morgan fingerprint density at radius 3 is 2.88 bits per heavy atom. The minimum absolute atomic E-state index is 0.125. The lowest BCUT2D eigenvalue weighted by molar-refractivity contribution is 0.0957. The van der Waals surface area contributed by atoms with Crippen LogP contribution >= 0.6 is 0 Å². The van der Waals surface area contributed by atoms with Gasteiger partial charge in [0.15, 0.2) is 0 Å². The fourth-order valence-corrected chi connectivity index (χ4v) is 1.71. The maximum absolute atomic E-state index is 13.0. The number of hydrogen-bond donors (Lipinski definition) is 1. The molecule has 1 amide bonds. The van der Waals surface area contributed by atoms with Crippen molar-refractivity contribution in [2.24, 2.45) is 0 Å². The molecule has 0 aliphatic heterocycles. The minimum Gasteiger partial charge on any atom is -0.352 e. The van der Waals surface area contributed by atoms with Crippen LogP contribution in [0.5, 0.6) is 0 Å². The maximum Gasteiger partial charge on any atom is 0.251 e. The second-order valence-electron chi connectivity index (χ2n) is 3.53. The van der Waals surface area contributed by atoms with E-state index in [1.165, 1.54) is 12.1 Å². The van der Waals surface area contributed by atoms with Gasteiger partial charge in [0.25, 0.3) is 5.91 Å². The van der Waals surface area contributed by atoms with Gasteiger partial charge in [-0.05, 0) is 35.9 Å². The number of rotatable bonds is 2. The molecule has 0 aliphatic carbocycles. The molecule has 2 aromatic carbocycles. The lowest BCUT2D eigenvalue weighted by atomic mass is 10.0. The number of carbonyl (C=O) groups is 1. The van der Waals surface area contributed by atoms with E-state index in [0.29, 0.717) is 12.1 Å². The van der Waals surface area contributed by atoms with Crippen LogP contribution in [0, 0.1) is 5.82 Å². The minimum atomic E-state index is -0.291. The van der Waals surface area contributed by atoms with E-state index in [2.05, 4.69) is 5.32 Å². The number of benzene rings is 2. The largest absolute Gasteiger partial charge is 0.352 e. The second-order valence-corrected chi connectivity index (χ2v) is 3.53. The Morgan fingerprint density at radius 1 is 1.31 bits per heavy atom. The molecule has 0 saturated heterocycles. The standard InChI is InChI=1S/C13H12FNO/c1-2-15-13(16)12-5-3-4-9-8-10(14)6-7-11(9)12/h3-8H,2H2,1H3,(H,15,16). The van der Waals surface area contributed by atoms with Crippen LogP contribution in [0.15, 0.2) is 36.4 Å². The molecule has 2 aromatic rings. The highest BCUT2D eigenvalue weighted by Gasteiger charge is 2.08. The molecule has 0 atom stereocenters. The summed E-state index contributed by atoms with van der Waals surface area (Å²) in [5.74, 6) is -0.416. The van der Waals surface area contributed by atoms with Crippen molar-refractivity contribution >= 4 is 16.7 Å². The average Bonchev–Trinajstić information content (AvgIpc) is 2.28. The molecule has 0 unspecified atom stereocenters. The number of carbonyl (C=O) groups excluding carboxylic acids is 1. The molecule has 3 heteroatoms. The van der Waals surface area contributed by atoms with E-state index in [9.17, 15) is 9.18 Å². The second kappa shape index (κ2) is 4.31. The molecule has 0 radical (unpaired) electrons. The molecule has 0 bridgehead atoms. The van der Waals surface area contributed by atoms with E-state index >= 15 is 0 Å².